The lowest BCUT2D eigenvalue weighted by Crippen LogP contribution is -2.56. The van der Waals surface area contributed by atoms with E-state index in [-0.39, 0.29) is 5.97 Å². The standard InChI is InChI=1S/C11H22N2O2/c1-11(12-2,10(14)15-3)9-13-7-5-4-6-8-13/h12H,4-9H2,1-3H3. The van der Waals surface area contributed by atoms with Crippen molar-refractivity contribution in [3.8, 4) is 0 Å². The van der Waals surface area contributed by atoms with E-state index in [1.54, 1.807) is 7.05 Å². The highest BCUT2D eigenvalue weighted by Gasteiger charge is 2.34. The topological polar surface area (TPSA) is 41.6 Å². The number of hydrogen-bond donors (Lipinski definition) is 1. The average Bonchev–Trinajstić information content (AvgIpc) is 2.29. The monoisotopic (exact) mass is 214 g/mol. The van der Waals surface area contributed by atoms with Gasteiger partial charge >= 0.3 is 5.97 Å². The number of likely N-dealkylation sites (tertiary alicyclic amines) is 1. The lowest BCUT2D eigenvalue weighted by Gasteiger charge is -2.35. The highest BCUT2D eigenvalue weighted by atomic mass is 16.5. The van der Waals surface area contributed by atoms with Crippen LogP contribution < -0.4 is 5.32 Å². The molecule has 1 saturated heterocycles. The molecule has 15 heavy (non-hydrogen) atoms. The number of likely N-dealkylation sites (N-methyl/N-ethyl adjacent to an activating group) is 1. The predicted octanol–water partition coefficient (Wildman–Crippen LogP) is 0.623. The minimum Gasteiger partial charge on any atom is -0.468 e. The molecule has 1 N–H and O–H groups in total. The summed E-state index contributed by atoms with van der Waals surface area (Å²) in [5.74, 6) is -0.185. The van der Waals surface area contributed by atoms with Crippen LogP contribution in [0.2, 0.25) is 0 Å². The maximum Gasteiger partial charge on any atom is 0.327 e. The lowest BCUT2D eigenvalue weighted by molar-refractivity contribution is -0.148. The normalized spacial score (nSPS) is 22.1. The van der Waals surface area contributed by atoms with Crippen molar-refractivity contribution >= 4 is 5.97 Å². The number of carbonyl (C=O) groups is 1. The molecule has 0 aromatic rings. The van der Waals surface area contributed by atoms with Gasteiger partial charge in [0.05, 0.1) is 7.11 Å². The molecular weight excluding hydrogens is 192 g/mol. The molecule has 0 amide bonds. The van der Waals surface area contributed by atoms with E-state index in [0.717, 1.165) is 19.6 Å². The number of methoxy groups -OCH3 is 1. The number of piperidine rings is 1. The Bertz CT molecular complexity index is 215. The van der Waals surface area contributed by atoms with Gasteiger partial charge in [-0.2, -0.15) is 0 Å². The van der Waals surface area contributed by atoms with Crippen LogP contribution in [0.25, 0.3) is 0 Å². The van der Waals surface area contributed by atoms with Gasteiger partial charge in [0.25, 0.3) is 0 Å². The van der Waals surface area contributed by atoms with Crippen LogP contribution in [0.15, 0.2) is 0 Å². The first-order valence-corrected chi connectivity index (χ1v) is 5.62. The molecule has 0 aromatic carbocycles. The molecule has 4 nitrogen and oxygen atoms in total. The van der Waals surface area contributed by atoms with E-state index in [0.29, 0.717) is 0 Å². The molecule has 0 aliphatic carbocycles. The maximum absolute atomic E-state index is 11.6. The number of nitrogens with one attached hydrogen (secondary N) is 1. The van der Waals surface area contributed by atoms with E-state index >= 15 is 0 Å². The van der Waals surface area contributed by atoms with Gasteiger partial charge < -0.3 is 15.0 Å². The van der Waals surface area contributed by atoms with Gasteiger partial charge in [0.2, 0.25) is 0 Å². The maximum atomic E-state index is 11.6. The molecule has 0 spiro atoms. The highest BCUT2D eigenvalue weighted by molar-refractivity contribution is 5.80. The van der Waals surface area contributed by atoms with E-state index in [1.807, 2.05) is 6.92 Å². The third kappa shape index (κ3) is 3.18. The summed E-state index contributed by atoms with van der Waals surface area (Å²) >= 11 is 0. The van der Waals surface area contributed by atoms with Gasteiger partial charge in [-0.3, -0.25) is 4.79 Å². The first kappa shape index (κ1) is 12.5. The van der Waals surface area contributed by atoms with Crippen LogP contribution in [0.1, 0.15) is 26.2 Å². The zero-order valence-electron chi connectivity index (χ0n) is 10.0. The van der Waals surface area contributed by atoms with Crippen molar-refractivity contribution in [2.75, 3.05) is 33.8 Å². The second-order valence-electron chi connectivity index (χ2n) is 4.41. The number of nitrogens with zero attached hydrogens (tertiary/aromatic N) is 1. The molecule has 1 atom stereocenters. The number of rotatable bonds is 4. The largest absolute Gasteiger partial charge is 0.468 e. The van der Waals surface area contributed by atoms with Crippen molar-refractivity contribution in [1.82, 2.24) is 10.2 Å². The molecule has 1 unspecified atom stereocenters. The first-order valence-electron chi connectivity index (χ1n) is 5.62. The van der Waals surface area contributed by atoms with Gasteiger partial charge in [0, 0.05) is 6.54 Å². The Hall–Kier alpha value is -0.610. The molecule has 1 fully saturated rings. The summed E-state index contributed by atoms with van der Waals surface area (Å²) in [4.78, 5) is 14.0. The van der Waals surface area contributed by atoms with Crippen molar-refractivity contribution in [3.63, 3.8) is 0 Å². The molecule has 4 heteroatoms. The summed E-state index contributed by atoms with van der Waals surface area (Å²) < 4.78 is 4.82. The smallest absolute Gasteiger partial charge is 0.327 e. The van der Waals surface area contributed by atoms with Gasteiger partial charge in [-0.25, -0.2) is 0 Å². The summed E-state index contributed by atoms with van der Waals surface area (Å²) in [5, 5.41) is 3.06. The second kappa shape index (κ2) is 5.47. The molecule has 0 saturated carbocycles. The molecule has 1 rings (SSSR count). The molecular formula is C11H22N2O2. The van der Waals surface area contributed by atoms with Gasteiger partial charge in [0.15, 0.2) is 0 Å². The third-order valence-electron chi connectivity index (χ3n) is 3.18. The van der Waals surface area contributed by atoms with E-state index in [1.165, 1.54) is 26.4 Å². The minimum atomic E-state index is -0.577. The van der Waals surface area contributed by atoms with Crippen LogP contribution in [0.3, 0.4) is 0 Å². The zero-order valence-corrected chi connectivity index (χ0v) is 10.0. The number of hydrogen-bond acceptors (Lipinski definition) is 4. The van der Waals surface area contributed by atoms with Crippen LogP contribution in [0.5, 0.6) is 0 Å². The van der Waals surface area contributed by atoms with E-state index in [4.69, 9.17) is 4.74 Å². The van der Waals surface area contributed by atoms with Gasteiger partial charge in [0.1, 0.15) is 5.54 Å². The van der Waals surface area contributed by atoms with Crippen LogP contribution in [0.4, 0.5) is 0 Å². The average molecular weight is 214 g/mol. The SMILES string of the molecule is CNC(C)(CN1CCCCC1)C(=O)OC. The van der Waals surface area contributed by atoms with Crippen LogP contribution in [0, 0.1) is 0 Å². The Morgan fingerprint density at radius 1 is 1.40 bits per heavy atom. The highest BCUT2D eigenvalue weighted by Crippen LogP contribution is 2.14. The molecule has 1 aliphatic rings. The van der Waals surface area contributed by atoms with Gasteiger partial charge in [-0.05, 0) is 39.9 Å². The molecule has 88 valence electrons. The summed E-state index contributed by atoms with van der Waals surface area (Å²) in [7, 11) is 3.25. The fourth-order valence-corrected chi connectivity index (χ4v) is 2.04. The molecule has 0 aromatic heterocycles. The fraction of sp³-hybridized carbons (Fsp3) is 0.909. The third-order valence-corrected chi connectivity index (χ3v) is 3.18. The second-order valence-corrected chi connectivity index (χ2v) is 4.41. The molecule has 1 aliphatic heterocycles. The van der Waals surface area contributed by atoms with Crippen LogP contribution >= 0.6 is 0 Å². The number of esters is 1. The van der Waals surface area contributed by atoms with Gasteiger partial charge in [-0.15, -0.1) is 0 Å². The summed E-state index contributed by atoms with van der Waals surface area (Å²) in [6, 6.07) is 0. The van der Waals surface area contributed by atoms with Crippen LogP contribution in [-0.4, -0.2) is 50.2 Å². The van der Waals surface area contributed by atoms with Crippen molar-refractivity contribution in [3.05, 3.63) is 0 Å². The Labute approximate surface area is 92.0 Å². The fourth-order valence-electron chi connectivity index (χ4n) is 2.04. The summed E-state index contributed by atoms with van der Waals surface area (Å²) in [5.41, 5.74) is -0.577. The Morgan fingerprint density at radius 2 is 2.00 bits per heavy atom. The number of carbonyl (C=O) groups excluding carboxylic acids is 1. The van der Waals surface area contributed by atoms with E-state index < -0.39 is 5.54 Å². The predicted molar refractivity (Wildman–Crippen MR) is 59.8 cm³/mol. The first-order chi connectivity index (χ1) is 7.12. The van der Waals surface area contributed by atoms with Crippen molar-refractivity contribution in [1.29, 1.82) is 0 Å². The Morgan fingerprint density at radius 3 is 2.47 bits per heavy atom. The Kier molecular flexibility index (Phi) is 4.54. The molecule has 1 heterocycles. The van der Waals surface area contributed by atoms with E-state index in [2.05, 4.69) is 10.2 Å². The molecule has 0 bridgehead atoms. The zero-order chi connectivity index (χ0) is 11.3. The minimum absolute atomic E-state index is 0.185. The summed E-state index contributed by atoms with van der Waals surface area (Å²) in [6.45, 7) is 4.81. The van der Waals surface area contributed by atoms with Gasteiger partial charge in [-0.1, -0.05) is 6.42 Å². The lowest BCUT2D eigenvalue weighted by atomic mass is 10.0. The van der Waals surface area contributed by atoms with Crippen molar-refractivity contribution in [2.24, 2.45) is 0 Å². The number of ether oxygens (including phenoxy) is 1. The molecule has 0 radical (unpaired) electrons. The Balaban J connectivity index is 2.54. The quantitative estimate of drug-likeness (QED) is 0.697. The van der Waals surface area contributed by atoms with E-state index in [9.17, 15) is 4.79 Å². The summed E-state index contributed by atoms with van der Waals surface area (Å²) in [6.07, 6.45) is 3.78. The van der Waals surface area contributed by atoms with Crippen molar-refractivity contribution in [2.45, 2.75) is 31.7 Å². The van der Waals surface area contributed by atoms with Crippen molar-refractivity contribution < 1.29 is 9.53 Å². The van der Waals surface area contributed by atoms with Crippen LogP contribution in [-0.2, 0) is 9.53 Å².